The van der Waals surface area contributed by atoms with Crippen LogP contribution in [0.3, 0.4) is 0 Å². The number of rotatable bonds is 6. The molecule has 144 valence electrons. The molecule has 0 saturated heterocycles. The van der Waals surface area contributed by atoms with E-state index in [9.17, 15) is 18.5 Å². The van der Waals surface area contributed by atoms with Gasteiger partial charge in [0.2, 0.25) is 0 Å². The first-order chi connectivity index (χ1) is 14.0. The normalized spacial score (nSPS) is 11.3. The summed E-state index contributed by atoms with van der Waals surface area (Å²) < 4.78 is 29.9. The van der Waals surface area contributed by atoms with Gasteiger partial charge in [0.1, 0.15) is 22.3 Å². The zero-order chi connectivity index (χ0) is 20.7. The Morgan fingerprint density at radius 1 is 0.931 bits per heavy atom. The van der Waals surface area contributed by atoms with Crippen molar-refractivity contribution >= 4 is 27.8 Å². The fraction of sp³-hybridized carbons (Fsp3) is 0. The first-order valence-corrected chi connectivity index (χ1v) is 9.96. The molecule has 6 nitrogen and oxygen atoms in total. The smallest absolute Gasteiger partial charge is 0.339 e. The number of nitrogens with zero attached hydrogens (tertiary/aromatic N) is 1. The highest BCUT2D eigenvalue weighted by molar-refractivity contribution is 7.87. The zero-order valence-corrected chi connectivity index (χ0v) is 16.0. The van der Waals surface area contributed by atoms with E-state index in [1.807, 2.05) is 12.1 Å². The van der Waals surface area contributed by atoms with Crippen LogP contribution >= 0.6 is 0 Å². The van der Waals surface area contributed by atoms with Gasteiger partial charge in [-0.15, -0.1) is 0 Å². The molecule has 0 aromatic heterocycles. The van der Waals surface area contributed by atoms with E-state index < -0.39 is 16.0 Å². The first-order valence-electron chi connectivity index (χ1n) is 8.56. The molecule has 0 bridgehead atoms. The predicted molar refractivity (Wildman–Crippen MR) is 109 cm³/mol. The molecule has 0 saturated carbocycles. The second-order valence-electron chi connectivity index (χ2n) is 5.91. The molecule has 3 rings (SSSR count). The van der Waals surface area contributed by atoms with Gasteiger partial charge in [0.15, 0.2) is 0 Å². The van der Waals surface area contributed by atoms with Crippen LogP contribution in [-0.4, -0.2) is 14.3 Å². The average molecular weight is 404 g/mol. The molecule has 0 fully saturated rings. The molecular formula is C22H16N2O4S. The van der Waals surface area contributed by atoms with Crippen LogP contribution in [0, 0.1) is 11.3 Å². The summed E-state index contributed by atoms with van der Waals surface area (Å²) in [6.45, 7) is 0. The Bertz CT molecular complexity index is 1180. The second-order valence-corrected chi connectivity index (χ2v) is 7.46. The maximum atomic E-state index is 12.3. The van der Waals surface area contributed by atoms with E-state index in [1.54, 1.807) is 54.6 Å². The van der Waals surface area contributed by atoms with E-state index >= 15 is 0 Å². The van der Waals surface area contributed by atoms with Gasteiger partial charge < -0.3 is 9.50 Å². The summed E-state index contributed by atoms with van der Waals surface area (Å²) in [5.41, 5.74) is 0.882. The van der Waals surface area contributed by atoms with Gasteiger partial charge in [-0.1, -0.05) is 48.5 Å². The minimum Gasteiger partial charge on any atom is -0.379 e. The predicted octanol–water partition coefficient (Wildman–Crippen LogP) is 4.00. The minimum absolute atomic E-state index is 0.0286. The van der Waals surface area contributed by atoms with Crippen molar-refractivity contribution in [2.24, 2.45) is 0 Å². The van der Waals surface area contributed by atoms with Crippen LogP contribution < -0.4 is 9.50 Å². The quantitative estimate of drug-likeness (QED) is 0.381. The van der Waals surface area contributed by atoms with Gasteiger partial charge in [0.05, 0.1) is 0 Å². The van der Waals surface area contributed by atoms with Crippen molar-refractivity contribution in [2.75, 3.05) is 5.32 Å². The second kappa shape index (κ2) is 8.87. The van der Waals surface area contributed by atoms with Crippen LogP contribution in [-0.2, 0) is 14.9 Å². The molecule has 0 aliphatic carbocycles. The van der Waals surface area contributed by atoms with Crippen molar-refractivity contribution < 1.29 is 17.4 Å². The Balaban J connectivity index is 1.81. The fourth-order valence-electron chi connectivity index (χ4n) is 2.45. The molecule has 3 aromatic rings. The summed E-state index contributed by atoms with van der Waals surface area (Å²) in [7, 11) is -3.99. The molecule has 0 aliphatic rings. The van der Waals surface area contributed by atoms with Crippen LogP contribution in [0.4, 0.5) is 5.69 Å². The molecule has 0 atom stereocenters. The highest BCUT2D eigenvalue weighted by Crippen LogP contribution is 2.21. The SMILES string of the molecule is N#C/C(=C\c1cccc(OS(=O)(=O)c2ccccc2)c1)C(=O)Nc1ccccc1. The summed E-state index contributed by atoms with van der Waals surface area (Å²) >= 11 is 0. The molecular weight excluding hydrogens is 388 g/mol. The molecule has 29 heavy (non-hydrogen) atoms. The Kier molecular flexibility index (Phi) is 6.07. The average Bonchev–Trinajstić information content (AvgIpc) is 2.73. The minimum atomic E-state index is -3.99. The number of amides is 1. The molecule has 1 amide bonds. The fourth-order valence-corrected chi connectivity index (χ4v) is 3.40. The van der Waals surface area contributed by atoms with Crippen molar-refractivity contribution in [3.05, 3.63) is 96.1 Å². The summed E-state index contributed by atoms with van der Waals surface area (Å²) in [6, 6.07) is 24.5. The Labute approximate surface area is 168 Å². The molecule has 0 radical (unpaired) electrons. The Hall–Kier alpha value is -3.89. The molecule has 0 aliphatic heterocycles. The standard InChI is InChI=1S/C22H16N2O4S/c23-16-18(22(25)24-19-9-3-1-4-10-19)14-17-8-7-11-20(15-17)28-29(26,27)21-12-5-2-6-13-21/h1-15H,(H,24,25)/b18-14+. The number of nitriles is 1. The van der Waals surface area contributed by atoms with Gasteiger partial charge >= 0.3 is 10.1 Å². The van der Waals surface area contributed by atoms with Gasteiger partial charge in [-0.2, -0.15) is 13.7 Å². The monoisotopic (exact) mass is 404 g/mol. The molecule has 7 heteroatoms. The van der Waals surface area contributed by atoms with E-state index in [4.69, 9.17) is 4.18 Å². The number of carbonyl (C=O) groups is 1. The Morgan fingerprint density at radius 3 is 2.24 bits per heavy atom. The number of anilines is 1. The van der Waals surface area contributed by atoms with Crippen LogP contribution in [0.25, 0.3) is 6.08 Å². The van der Waals surface area contributed by atoms with Crippen LogP contribution in [0.2, 0.25) is 0 Å². The molecule has 1 N–H and O–H groups in total. The molecule has 0 spiro atoms. The van der Waals surface area contributed by atoms with E-state index in [2.05, 4.69) is 5.32 Å². The van der Waals surface area contributed by atoms with Crippen molar-refractivity contribution in [3.8, 4) is 11.8 Å². The summed E-state index contributed by atoms with van der Waals surface area (Å²) in [5.74, 6) is -0.495. The maximum absolute atomic E-state index is 12.3. The van der Waals surface area contributed by atoms with E-state index in [1.165, 1.54) is 30.3 Å². The lowest BCUT2D eigenvalue weighted by molar-refractivity contribution is -0.112. The number of hydrogen-bond donors (Lipinski definition) is 1. The van der Waals surface area contributed by atoms with Gasteiger partial charge in [-0.05, 0) is 48.0 Å². The highest BCUT2D eigenvalue weighted by Gasteiger charge is 2.16. The Morgan fingerprint density at radius 2 is 1.59 bits per heavy atom. The third-order valence-corrected chi connectivity index (χ3v) is 5.07. The highest BCUT2D eigenvalue weighted by atomic mass is 32.2. The first kappa shape index (κ1) is 19.9. The van der Waals surface area contributed by atoms with E-state index in [-0.39, 0.29) is 16.2 Å². The van der Waals surface area contributed by atoms with Crippen LogP contribution in [0.15, 0.2) is 95.4 Å². The lowest BCUT2D eigenvalue weighted by atomic mass is 10.1. The molecule has 0 heterocycles. The van der Waals surface area contributed by atoms with Gasteiger partial charge in [0, 0.05) is 5.69 Å². The number of carbonyl (C=O) groups excluding carboxylic acids is 1. The van der Waals surface area contributed by atoms with Gasteiger partial charge in [0.25, 0.3) is 5.91 Å². The maximum Gasteiger partial charge on any atom is 0.339 e. The van der Waals surface area contributed by atoms with Gasteiger partial charge in [-0.25, -0.2) is 0 Å². The van der Waals surface area contributed by atoms with Crippen LogP contribution in [0.5, 0.6) is 5.75 Å². The molecule has 3 aromatic carbocycles. The van der Waals surface area contributed by atoms with Crippen molar-refractivity contribution in [3.63, 3.8) is 0 Å². The van der Waals surface area contributed by atoms with E-state index in [0.717, 1.165) is 0 Å². The largest absolute Gasteiger partial charge is 0.379 e. The number of nitrogens with one attached hydrogen (secondary N) is 1. The lowest BCUT2D eigenvalue weighted by Gasteiger charge is -2.08. The number of hydrogen-bond acceptors (Lipinski definition) is 5. The zero-order valence-electron chi connectivity index (χ0n) is 15.1. The van der Waals surface area contributed by atoms with Crippen molar-refractivity contribution in [1.29, 1.82) is 5.26 Å². The van der Waals surface area contributed by atoms with Crippen LogP contribution in [0.1, 0.15) is 5.56 Å². The topological polar surface area (TPSA) is 96.3 Å². The third kappa shape index (κ3) is 5.31. The summed E-state index contributed by atoms with van der Waals surface area (Å²) in [4.78, 5) is 12.3. The molecule has 0 unspecified atom stereocenters. The van der Waals surface area contributed by atoms with Crippen molar-refractivity contribution in [2.45, 2.75) is 4.90 Å². The summed E-state index contributed by atoms with van der Waals surface area (Å²) in [5, 5.41) is 12.0. The number of para-hydroxylation sites is 1. The van der Waals surface area contributed by atoms with Gasteiger partial charge in [-0.3, -0.25) is 4.79 Å². The number of benzene rings is 3. The third-order valence-electron chi connectivity index (χ3n) is 3.80. The summed E-state index contributed by atoms with van der Waals surface area (Å²) in [6.07, 6.45) is 1.36. The van der Waals surface area contributed by atoms with Crippen molar-refractivity contribution in [1.82, 2.24) is 0 Å². The van der Waals surface area contributed by atoms with E-state index in [0.29, 0.717) is 11.3 Å². The lowest BCUT2D eigenvalue weighted by Crippen LogP contribution is -2.13.